The summed E-state index contributed by atoms with van der Waals surface area (Å²) in [5.74, 6) is -4.79. The summed E-state index contributed by atoms with van der Waals surface area (Å²) in [6.45, 7) is 17.6. The summed E-state index contributed by atoms with van der Waals surface area (Å²) in [5.41, 5.74) is 7.06. The van der Waals surface area contributed by atoms with Gasteiger partial charge in [0.2, 0.25) is 23.5 Å². The molecule has 104 heavy (non-hydrogen) atoms. The smallest absolute Gasteiger partial charge is 0.356 e. The van der Waals surface area contributed by atoms with Gasteiger partial charge in [0.1, 0.15) is 23.8 Å². The topological polar surface area (TPSA) is 341 Å². The van der Waals surface area contributed by atoms with Crippen LogP contribution < -0.4 is 24.5 Å². The summed E-state index contributed by atoms with van der Waals surface area (Å²) in [4.78, 5) is 70.0. The van der Waals surface area contributed by atoms with E-state index in [4.69, 9.17) is 38.1 Å². The van der Waals surface area contributed by atoms with E-state index < -0.39 is 54.5 Å². The van der Waals surface area contributed by atoms with Crippen LogP contribution in [0.4, 0.5) is 14.5 Å². The SMILES string of the molecule is CCOC(=O)C1=NOC(c2ccccc2)(c2ccccc2)C1.CCc1cc(C)cc(CC)c1-c1c(OC(=O)C(C)(C)C)n2n(c1=O)CCOCC2.COCc1cccc(C(O)c2nc(OC)cc(OC)n2)c1NS(=O)(=O)C(F)F.Cc1c(C(=O)c2cnn(C)c2O)ccc(S(C)(=O)=O)c1C1=NOCC1. The number of hydrogen-bond acceptors (Lipinski definition) is 23. The van der Waals surface area contributed by atoms with Gasteiger partial charge in [-0.25, -0.2) is 35.7 Å². The molecule has 0 spiro atoms. The maximum absolute atomic E-state index is 13.5. The molecule has 0 radical (unpaired) electrons. The number of nitrogens with zero attached hydrogens (tertiary/aromatic N) is 8. The van der Waals surface area contributed by atoms with E-state index in [-0.39, 0.29) is 74.4 Å². The van der Waals surface area contributed by atoms with E-state index >= 15 is 0 Å². The van der Waals surface area contributed by atoms with Gasteiger partial charge in [0.05, 0.1) is 94.1 Å². The minimum absolute atomic E-state index is 0.0471. The lowest BCUT2D eigenvalue weighted by atomic mass is 9.82. The number of sulfonamides is 1. The van der Waals surface area contributed by atoms with Gasteiger partial charge < -0.3 is 48.3 Å². The summed E-state index contributed by atoms with van der Waals surface area (Å²) >= 11 is 0. The third-order valence-electron chi connectivity index (χ3n) is 16.8. The van der Waals surface area contributed by atoms with Gasteiger partial charge in [-0.3, -0.25) is 19.1 Å². The number of sulfone groups is 1. The van der Waals surface area contributed by atoms with E-state index in [2.05, 4.69) is 58.3 Å². The van der Waals surface area contributed by atoms with Crippen molar-refractivity contribution in [3.63, 3.8) is 0 Å². The van der Waals surface area contributed by atoms with Gasteiger partial charge in [0, 0.05) is 60.2 Å². The van der Waals surface area contributed by atoms with E-state index in [0.29, 0.717) is 86.4 Å². The number of nitrogens with one attached hydrogen (secondary N) is 1. The molecule has 0 saturated carbocycles. The quantitative estimate of drug-likeness (QED) is 0.0445. The molecule has 8 aromatic rings. The van der Waals surface area contributed by atoms with Crippen molar-refractivity contribution in [2.24, 2.45) is 22.8 Å². The molecular weight excluding hydrogens is 1390 g/mol. The normalized spacial score (nSPS) is 14.2. The first-order valence-corrected chi connectivity index (χ1v) is 36.5. The van der Waals surface area contributed by atoms with Crippen LogP contribution in [0.15, 0.2) is 135 Å². The number of halogens is 2. The Morgan fingerprint density at radius 1 is 0.760 bits per heavy atom. The highest BCUT2D eigenvalue weighted by atomic mass is 32.2. The number of aromatic nitrogens is 6. The second kappa shape index (κ2) is 34.4. The molecule has 3 N–H and O–H groups in total. The number of rotatable bonds is 21. The first-order chi connectivity index (χ1) is 49.4. The van der Waals surface area contributed by atoms with Gasteiger partial charge >= 0.3 is 17.7 Å². The maximum atomic E-state index is 13.5. The molecule has 3 aliphatic rings. The monoisotopic (exact) mass is 1480 g/mol. The number of aliphatic hydroxyl groups is 1. The largest absolute Gasteiger partial charge is 0.493 e. The number of esters is 2. The van der Waals surface area contributed by atoms with Crippen LogP contribution in [0.5, 0.6) is 23.5 Å². The molecule has 1 atom stereocenters. The fourth-order valence-electron chi connectivity index (χ4n) is 11.6. The number of aliphatic hydroxyl groups excluding tert-OH is 1. The first-order valence-electron chi connectivity index (χ1n) is 33.0. The van der Waals surface area contributed by atoms with Crippen LogP contribution in [-0.2, 0) is 98.5 Å². The Morgan fingerprint density at radius 3 is 1.88 bits per heavy atom. The minimum Gasteiger partial charge on any atom is -0.493 e. The van der Waals surface area contributed by atoms with Crippen molar-refractivity contribution >= 4 is 54.7 Å². The zero-order chi connectivity index (χ0) is 76.0. The highest BCUT2D eigenvalue weighted by molar-refractivity contribution is 7.93. The van der Waals surface area contributed by atoms with E-state index in [0.717, 1.165) is 46.9 Å². The summed E-state index contributed by atoms with van der Waals surface area (Å²) < 4.78 is 111. The lowest BCUT2D eigenvalue weighted by Crippen LogP contribution is -2.29. The van der Waals surface area contributed by atoms with Gasteiger partial charge in [0.25, 0.3) is 15.6 Å². The second-order valence-corrected chi connectivity index (χ2v) is 28.6. The van der Waals surface area contributed by atoms with E-state index in [1.54, 1.807) is 23.2 Å². The van der Waals surface area contributed by atoms with Crippen LogP contribution in [0.3, 0.4) is 0 Å². The third kappa shape index (κ3) is 18.0. The molecule has 5 aromatic carbocycles. The predicted molar refractivity (Wildman–Crippen MR) is 382 cm³/mol. The van der Waals surface area contributed by atoms with E-state index in [1.165, 1.54) is 81.2 Å². The van der Waals surface area contributed by atoms with Gasteiger partial charge in [-0.1, -0.05) is 121 Å². The molecular formula is C73H85F2N9O18S2. The molecule has 0 amide bonds. The number of para-hydroxylation sites is 1. The molecule has 3 aromatic heterocycles. The fourth-order valence-corrected chi connectivity index (χ4v) is 13.2. The molecule has 1 unspecified atom stereocenters. The van der Waals surface area contributed by atoms with Crippen LogP contribution >= 0.6 is 0 Å². The number of methoxy groups -OCH3 is 3. The number of alkyl halides is 2. The number of carbonyl (C=O) groups is 3. The number of benzene rings is 5. The molecule has 0 bridgehead atoms. The van der Waals surface area contributed by atoms with Crippen molar-refractivity contribution in [1.82, 2.24) is 29.1 Å². The van der Waals surface area contributed by atoms with Gasteiger partial charge in [-0.05, 0) is 88.8 Å². The molecule has 0 fully saturated rings. The van der Waals surface area contributed by atoms with Crippen molar-refractivity contribution in [3.05, 3.63) is 193 Å². The highest BCUT2D eigenvalue weighted by Crippen LogP contribution is 2.42. The standard InChI is InChI=1S/C23H32N2O4.C18H17NO3.C16H19F2N3O6S.C16H17N3O5S/c1-7-16-13-15(3)14-17(8-2)18(16)19-20(26)24-9-11-28-12-10-25(24)21(19)29-22(27)23(4,5)6;1-2-21-17(20)16-13-18(22-19-16,14-9-5-3-6-10-14)15-11-7-4-8-12-15;1-25-8-9-5-4-6-10(13(9)21-28(23,24)16(17)18)14(22)15-19-11(26-2)7-12(20-15)27-3;1-9-10(15(20)11-8-17-19(2)16(11)21)4-5-13(25(3,22)23)14(9)12-6-7-24-18-12/h13-14H,7-12H2,1-6H3;3-12H,2,13H2,1H3;4-7,14,16,21-22H,8H2,1-3H3;4-5,8,21H,6-7H2,1-3H3. The lowest BCUT2D eigenvalue weighted by molar-refractivity contribution is -0.143. The Hall–Kier alpha value is -10.2. The molecule has 556 valence electrons. The number of aryl methyl sites for hydroxylation is 4. The van der Waals surface area contributed by atoms with Crippen LogP contribution in [0.25, 0.3) is 11.1 Å². The van der Waals surface area contributed by atoms with Crippen LogP contribution in [0.2, 0.25) is 0 Å². The molecule has 31 heteroatoms. The number of oxime groups is 2. The Balaban J connectivity index is 0.000000176. The molecule has 3 aliphatic heterocycles. The summed E-state index contributed by atoms with van der Waals surface area (Å²) in [5, 5.41) is 32.5. The summed E-state index contributed by atoms with van der Waals surface area (Å²) in [7, 11) is -2.95. The molecule has 0 aliphatic carbocycles. The molecule has 27 nitrogen and oxygen atoms in total. The number of ketones is 1. The summed E-state index contributed by atoms with van der Waals surface area (Å²) in [6, 6.07) is 32.4. The fraction of sp³-hybridized carbons (Fsp3) is 0.384. The Labute approximate surface area is 601 Å². The minimum atomic E-state index is -5.00. The highest BCUT2D eigenvalue weighted by Gasteiger charge is 2.45. The van der Waals surface area contributed by atoms with E-state index in [1.807, 2.05) is 86.2 Å². The third-order valence-corrected chi connectivity index (χ3v) is 18.9. The van der Waals surface area contributed by atoms with Crippen LogP contribution in [0.1, 0.15) is 132 Å². The maximum Gasteiger partial charge on any atom is 0.356 e. The molecule has 0 saturated heterocycles. The Kier molecular flexibility index (Phi) is 26.3. The van der Waals surface area contributed by atoms with Crippen molar-refractivity contribution in [2.45, 2.75) is 123 Å². The van der Waals surface area contributed by atoms with E-state index in [9.17, 15) is 55.0 Å². The van der Waals surface area contributed by atoms with Gasteiger partial charge in [-0.15, -0.1) is 0 Å². The lowest BCUT2D eigenvalue weighted by Gasteiger charge is -2.27. The number of carbonyl (C=O) groups excluding carboxylic acids is 3. The van der Waals surface area contributed by atoms with Crippen LogP contribution in [-0.4, -0.2) is 145 Å². The number of hydrogen-bond donors (Lipinski definition) is 3. The van der Waals surface area contributed by atoms with Crippen molar-refractivity contribution in [1.29, 1.82) is 0 Å². The second-order valence-electron chi connectivity index (χ2n) is 25.0. The predicted octanol–water partition coefficient (Wildman–Crippen LogP) is 9.88. The zero-order valence-corrected chi connectivity index (χ0v) is 61.6. The number of anilines is 1. The first kappa shape index (κ1) is 79.5. The molecule has 6 heterocycles. The zero-order valence-electron chi connectivity index (χ0n) is 60.0. The van der Waals surface area contributed by atoms with Gasteiger partial charge in [0.15, 0.2) is 32.8 Å². The van der Waals surface area contributed by atoms with Crippen molar-refractivity contribution in [3.8, 4) is 34.6 Å². The summed E-state index contributed by atoms with van der Waals surface area (Å²) in [6.07, 6.45) is 3.22. The average Bonchev–Trinajstić information content (AvgIpc) is 1.59. The number of ether oxygens (including phenoxy) is 6. The molecule has 11 rings (SSSR count). The van der Waals surface area contributed by atoms with Crippen LogP contribution in [0, 0.1) is 19.3 Å². The Bertz CT molecular complexity index is 4700. The van der Waals surface area contributed by atoms with Gasteiger partial charge in [-0.2, -0.15) is 23.8 Å². The number of fused-ring (bicyclic) bond motifs is 1. The average molecular weight is 1480 g/mol. The Morgan fingerprint density at radius 2 is 1.37 bits per heavy atom. The van der Waals surface area contributed by atoms with Crippen molar-refractivity contribution in [2.75, 3.05) is 58.7 Å². The van der Waals surface area contributed by atoms with Crippen molar-refractivity contribution < 1.29 is 88.3 Å². The number of aromatic hydroxyl groups is 1.